The van der Waals surface area contributed by atoms with Crippen molar-refractivity contribution >= 4 is 17.9 Å². The van der Waals surface area contributed by atoms with Crippen molar-refractivity contribution in [1.29, 1.82) is 0 Å². The van der Waals surface area contributed by atoms with E-state index >= 15 is 0 Å². The van der Waals surface area contributed by atoms with Crippen LogP contribution in [0.1, 0.15) is 252 Å². The van der Waals surface area contributed by atoms with Crippen molar-refractivity contribution in [2.75, 3.05) is 13.2 Å². The Hall–Kier alpha value is -2.63. The molecule has 0 saturated carbocycles. The Labute approximate surface area is 365 Å². The Balaban J connectivity index is 4.37. The van der Waals surface area contributed by atoms with Gasteiger partial charge in [-0.25, -0.2) is 0 Å². The summed E-state index contributed by atoms with van der Waals surface area (Å²) in [7, 11) is 0. The summed E-state index contributed by atoms with van der Waals surface area (Å²) in [5, 5.41) is 0. The maximum atomic E-state index is 12.7. The lowest BCUT2D eigenvalue weighted by Gasteiger charge is -2.18. The van der Waals surface area contributed by atoms with Crippen molar-refractivity contribution in [3.8, 4) is 0 Å². The summed E-state index contributed by atoms with van der Waals surface area (Å²) in [5.74, 6) is -0.916. The second-order valence-corrected chi connectivity index (χ2v) is 16.7. The van der Waals surface area contributed by atoms with Gasteiger partial charge in [0.05, 0.1) is 0 Å². The first-order chi connectivity index (χ1) is 29.0. The molecule has 1 unspecified atom stereocenters. The number of carbonyl (C=O) groups excluding carboxylic acids is 3. The van der Waals surface area contributed by atoms with E-state index in [2.05, 4.69) is 69.4 Å². The molecule has 0 rings (SSSR count). The second-order valence-electron chi connectivity index (χ2n) is 16.7. The number of esters is 3. The highest BCUT2D eigenvalue weighted by Gasteiger charge is 2.19. The third-order valence-corrected chi connectivity index (χ3v) is 10.8. The molecule has 342 valence electrons. The number of carbonyl (C=O) groups is 3. The van der Waals surface area contributed by atoms with Gasteiger partial charge < -0.3 is 14.2 Å². The average molecular weight is 827 g/mol. The van der Waals surface area contributed by atoms with Crippen LogP contribution in [0.5, 0.6) is 0 Å². The van der Waals surface area contributed by atoms with Crippen molar-refractivity contribution in [3.63, 3.8) is 0 Å². The lowest BCUT2D eigenvalue weighted by molar-refractivity contribution is -0.167. The molecule has 0 radical (unpaired) electrons. The molecule has 0 fully saturated rings. The maximum Gasteiger partial charge on any atom is 0.306 e. The van der Waals surface area contributed by atoms with E-state index in [0.717, 1.165) is 96.3 Å². The average Bonchev–Trinajstić information content (AvgIpc) is 3.23. The molecule has 6 heteroatoms. The summed E-state index contributed by atoms with van der Waals surface area (Å²) in [6.45, 7) is 6.54. The zero-order valence-electron chi connectivity index (χ0n) is 39.0. The fourth-order valence-electron chi connectivity index (χ4n) is 6.94. The molecule has 0 heterocycles. The van der Waals surface area contributed by atoms with Gasteiger partial charge in [0, 0.05) is 19.3 Å². The van der Waals surface area contributed by atoms with Crippen LogP contribution in [0.2, 0.25) is 0 Å². The Morgan fingerprint density at radius 2 is 0.627 bits per heavy atom. The molecule has 0 spiro atoms. The molecule has 0 aromatic rings. The molecule has 6 nitrogen and oxygen atoms in total. The summed E-state index contributed by atoms with van der Waals surface area (Å²) in [5.41, 5.74) is 0. The van der Waals surface area contributed by atoms with Gasteiger partial charge in [0.25, 0.3) is 0 Å². The van der Waals surface area contributed by atoms with Crippen LogP contribution in [-0.4, -0.2) is 37.2 Å². The van der Waals surface area contributed by atoms with Gasteiger partial charge >= 0.3 is 17.9 Å². The van der Waals surface area contributed by atoms with Crippen LogP contribution in [0.3, 0.4) is 0 Å². The van der Waals surface area contributed by atoms with Crippen molar-refractivity contribution < 1.29 is 28.6 Å². The highest BCUT2D eigenvalue weighted by Crippen LogP contribution is 2.14. The van der Waals surface area contributed by atoms with Crippen LogP contribution < -0.4 is 0 Å². The van der Waals surface area contributed by atoms with Crippen molar-refractivity contribution in [2.24, 2.45) is 0 Å². The van der Waals surface area contributed by atoms with Crippen LogP contribution in [0, 0.1) is 0 Å². The van der Waals surface area contributed by atoms with Gasteiger partial charge in [-0.15, -0.1) is 0 Å². The van der Waals surface area contributed by atoms with E-state index in [9.17, 15) is 14.4 Å². The molecule has 0 saturated heterocycles. The Morgan fingerprint density at radius 3 is 1.03 bits per heavy atom. The van der Waals surface area contributed by atoms with E-state index < -0.39 is 6.10 Å². The van der Waals surface area contributed by atoms with Gasteiger partial charge in [0.1, 0.15) is 13.2 Å². The van der Waals surface area contributed by atoms with Crippen LogP contribution in [0.25, 0.3) is 0 Å². The van der Waals surface area contributed by atoms with Crippen molar-refractivity contribution in [3.05, 3.63) is 48.6 Å². The molecule has 1 atom stereocenters. The van der Waals surface area contributed by atoms with Crippen molar-refractivity contribution in [1.82, 2.24) is 0 Å². The maximum absolute atomic E-state index is 12.7. The first kappa shape index (κ1) is 56.4. The van der Waals surface area contributed by atoms with E-state index in [1.54, 1.807) is 0 Å². The fraction of sp³-hybridized carbons (Fsp3) is 0.792. The van der Waals surface area contributed by atoms with Crippen LogP contribution in [-0.2, 0) is 28.6 Å². The minimum absolute atomic E-state index is 0.0857. The normalized spacial score (nSPS) is 12.4. The van der Waals surface area contributed by atoms with Crippen LogP contribution in [0.4, 0.5) is 0 Å². The molecule has 59 heavy (non-hydrogen) atoms. The summed E-state index contributed by atoms with van der Waals surface area (Å²) < 4.78 is 16.7. The zero-order valence-corrected chi connectivity index (χ0v) is 39.0. The molecule has 0 aliphatic carbocycles. The quantitative estimate of drug-likeness (QED) is 0.0200. The molecular weight excluding hydrogens is 733 g/mol. The molecule has 0 aliphatic heterocycles. The minimum Gasteiger partial charge on any atom is -0.462 e. The molecule has 0 aromatic carbocycles. The van der Waals surface area contributed by atoms with E-state index in [0.29, 0.717) is 19.3 Å². The lowest BCUT2D eigenvalue weighted by Crippen LogP contribution is -2.30. The van der Waals surface area contributed by atoms with Crippen LogP contribution in [0.15, 0.2) is 48.6 Å². The molecular formula is C53H94O6. The largest absolute Gasteiger partial charge is 0.462 e. The summed E-state index contributed by atoms with van der Waals surface area (Å²) in [4.78, 5) is 37.8. The minimum atomic E-state index is -0.784. The third kappa shape index (κ3) is 46.3. The van der Waals surface area contributed by atoms with Gasteiger partial charge in [0.2, 0.25) is 0 Å². The Kier molecular flexibility index (Phi) is 45.9. The van der Waals surface area contributed by atoms with E-state index in [1.807, 2.05) is 0 Å². The predicted molar refractivity (Wildman–Crippen MR) is 252 cm³/mol. The molecule has 0 N–H and O–H groups in total. The topological polar surface area (TPSA) is 78.9 Å². The first-order valence-electron chi connectivity index (χ1n) is 25.2. The third-order valence-electron chi connectivity index (χ3n) is 10.8. The van der Waals surface area contributed by atoms with Gasteiger partial charge in [-0.1, -0.05) is 191 Å². The van der Waals surface area contributed by atoms with Gasteiger partial charge in [-0.05, 0) is 89.9 Å². The Morgan fingerprint density at radius 1 is 0.339 bits per heavy atom. The molecule has 0 bridgehead atoms. The van der Waals surface area contributed by atoms with E-state index in [-0.39, 0.29) is 31.1 Å². The first-order valence-corrected chi connectivity index (χ1v) is 25.2. The van der Waals surface area contributed by atoms with Gasteiger partial charge in [0.15, 0.2) is 6.10 Å². The molecule has 0 aromatic heterocycles. The molecule has 0 amide bonds. The predicted octanol–water partition coefficient (Wildman–Crippen LogP) is 16.3. The summed E-state index contributed by atoms with van der Waals surface area (Å²) in [6, 6.07) is 0. The number of hydrogen-bond donors (Lipinski definition) is 0. The number of ether oxygens (including phenoxy) is 3. The number of hydrogen-bond acceptors (Lipinski definition) is 6. The summed E-state index contributed by atoms with van der Waals surface area (Å²) in [6.07, 6.45) is 56.6. The second kappa shape index (κ2) is 48.0. The smallest absolute Gasteiger partial charge is 0.306 e. The highest BCUT2D eigenvalue weighted by molar-refractivity contribution is 5.71. The SMILES string of the molecule is CCCC/C=C\CCCCCCCC(=O)OCC(COC(=O)CCCCCCC/C=C\C=C/CCCCCCCCC)OC(=O)CCCCCCC/C=C\CCCCC. The van der Waals surface area contributed by atoms with Gasteiger partial charge in [-0.3, -0.25) is 14.4 Å². The van der Waals surface area contributed by atoms with E-state index in [1.165, 1.54) is 116 Å². The summed E-state index contributed by atoms with van der Waals surface area (Å²) >= 11 is 0. The molecule has 0 aliphatic rings. The zero-order chi connectivity index (χ0) is 43.0. The number of allylic oxidation sites excluding steroid dienone is 8. The number of unbranched alkanes of at least 4 members (excludes halogenated alkanes) is 27. The van der Waals surface area contributed by atoms with Gasteiger partial charge in [-0.2, -0.15) is 0 Å². The van der Waals surface area contributed by atoms with Crippen LogP contribution >= 0.6 is 0 Å². The number of rotatable bonds is 45. The standard InChI is InChI=1S/C53H94O6/c1-4-7-10-13-16-19-22-24-25-26-27-28-29-32-34-37-40-43-46-52(55)58-49-50(48-57-51(54)45-42-39-36-33-30-21-18-15-12-9-6-3)59-53(56)47-44-41-38-35-31-23-20-17-14-11-8-5-2/h15,17-18,20,25-28,50H,4-14,16,19,21-24,29-49H2,1-3H3/b18-15-,20-17-,26-25-,28-27-. The highest BCUT2D eigenvalue weighted by atomic mass is 16.6. The van der Waals surface area contributed by atoms with E-state index in [4.69, 9.17) is 14.2 Å². The Bertz CT molecular complexity index is 1040. The fourth-order valence-corrected chi connectivity index (χ4v) is 6.94. The monoisotopic (exact) mass is 827 g/mol. The van der Waals surface area contributed by atoms with Crippen molar-refractivity contribution in [2.45, 2.75) is 258 Å². The lowest BCUT2D eigenvalue weighted by atomic mass is 10.1.